The third-order valence-electron chi connectivity index (χ3n) is 4.28. The zero-order valence-electron chi connectivity index (χ0n) is 13.2. The summed E-state index contributed by atoms with van der Waals surface area (Å²) in [4.78, 5) is 18.5. The van der Waals surface area contributed by atoms with E-state index in [-0.39, 0.29) is 12.1 Å². The minimum absolute atomic E-state index is 0.255. The van der Waals surface area contributed by atoms with E-state index in [2.05, 4.69) is 10.2 Å². The topological polar surface area (TPSA) is 70.7 Å². The lowest BCUT2D eigenvalue weighted by Crippen LogP contribution is -2.50. The number of piperidine rings is 1. The van der Waals surface area contributed by atoms with Crippen LogP contribution in [0.25, 0.3) is 0 Å². The van der Waals surface area contributed by atoms with E-state index in [4.69, 9.17) is 10.7 Å². The second-order valence-corrected chi connectivity index (χ2v) is 6.02. The van der Waals surface area contributed by atoms with Crippen LogP contribution < -0.4 is 11.1 Å². The second-order valence-electron chi connectivity index (χ2n) is 6.02. The minimum Gasteiger partial charge on any atom is -0.364 e. The fourth-order valence-electron chi connectivity index (χ4n) is 2.96. The number of amides is 1. The highest BCUT2D eigenvalue weighted by Crippen LogP contribution is 2.18. The zero-order chi connectivity index (χ0) is 16.4. The van der Waals surface area contributed by atoms with Crippen LogP contribution in [0.5, 0.6) is 0 Å². The fourth-order valence-corrected chi connectivity index (χ4v) is 2.96. The number of halogens is 1. The molecule has 1 aromatic carbocycles. The summed E-state index contributed by atoms with van der Waals surface area (Å²) in [5, 5.41) is 3.10. The van der Waals surface area contributed by atoms with E-state index in [1.165, 1.54) is 12.5 Å². The van der Waals surface area contributed by atoms with Crippen LogP contribution in [0.1, 0.15) is 30.4 Å². The molecule has 1 saturated heterocycles. The first-order valence-electron chi connectivity index (χ1n) is 7.91. The predicted molar refractivity (Wildman–Crippen MR) is 87.3 cm³/mol. The number of carbonyl (C=O) groups excluding carboxylic acids is 1. The number of primary amides is 1. The molecule has 2 heterocycles. The molecule has 1 amide bonds. The quantitative estimate of drug-likeness (QED) is 0.891. The highest BCUT2D eigenvalue weighted by molar-refractivity contribution is 6.13. The molecule has 3 N–H and O–H groups in total. The lowest BCUT2D eigenvalue weighted by atomic mass is 10.0. The number of aryl methyl sites for hydroxylation is 1. The molecule has 1 aromatic rings. The van der Waals surface area contributed by atoms with E-state index in [0.29, 0.717) is 17.0 Å². The van der Waals surface area contributed by atoms with Gasteiger partial charge in [-0.1, -0.05) is 6.42 Å². The van der Waals surface area contributed by atoms with Gasteiger partial charge in [0, 0.05) is 18.7 Å². The van der Waals surface area contributed by atoms with Crippen LogP contribution in [-0.2, 0) is 4.79 Å². The molecule has 6 heteroatoms. The normalized spacial score (nSPS) is 22.1. The van der Waals surface area contributed by atoms with Crippen LogP contribution in [-0.4, -0.2) is 35.9 Å². The molecule has 0 spiro atoms. The van der Waals surface area contributed by atoms with Gasteiger partial charge in [-0.2, -0.15) is 0 Å². The van der Waals surface area contributed by atoms with Gasteiger partial charge in [0.1, 0.15) is 11.5 Å². The Morgan fingerprint density at radius 3 is 2.74 bits per heavy atom. The average molecular weight is 316 g/mol. The molecule has 1 unspecified atom stereocenters. The molecule has 2 aliphatic rings. The first kappa shape index (κ1) is 15.7. The first-order chi connectivity index (χ1) is 11.0. The molecule has 23 heavy (non-hydrogen) atoms. The highest BCUT2D eigenvalue weighted by atomic mass is 19.1. The lowest BCUT2D eigenvalue weighted by molar-refractivity contribution is -0.115. The van der Waals surface area contributed by atoms with E-state index in [1.54, 1.807) is 25.1 Å². The number of likely N-dealkylation sites (tertiary alicyclic amines) is 1. The molecule has 5 nitrogen and oxygen atoms in total. The van der Waals surface area contributed by atoms with Gasteiger partial charge in [0.25, 0.3) is 5.91 Å². The molecule has 0 aliphatic carbocycles. The molecular formula is C17H21FN4O. The monoisotopic (exact) mass is 316 g/mol. The van der Waals surface area contributed by atoms with E-state index >= 15 is 0 Å². The van der Waals surface area contributed by atoms with Crippen LogP contribution >= 0.6 is 0 Å². The number of hydrogen-bond donors (Lipinski definition) is 2. The van der Waals surface area contributed by atoms with Gasteiger partial charge in [-0.15, -0.1) is 0 Å². The first-order valence-corrected chi connectivity index (χ1v) is 7.91. The summed E-state index contributed by atoms with van der Waals surface area (Å²) in [5.74, 6) is -0.770. The van der Waals surface area contributed by atoms with Gasteiger partial charge in [0.2, 0.25) is 0 Å². The molecular weight excluding hydrogens is 295 g/mol. The van der Waals surface area contributed by atoms with Crippen LogP contribution in [0.3, 0.4) is 0 Å². The van der Waals surface area contributed by atoms with Crippen molar-refractivity contribution in [2.45, 2.75) is 32.5 Å². The Bertz CT molecular complexity index is 677. The third kappa shape index (κ3) is 3.42. The molecule has 0 radical (unpaired) electrons. The Balaban J connectivity index is 1.94. The largest absolute Gasteiger partial charge is 0.364 e. The zero-order valence-corrected chi connectivity index (χ0v) is 13.2. The summed E-state index contributed by atoms with van der Waals surface area (Å²) in [6, 6.07) is 4.83. The summed E-state index contributed by atoms with van der Waals surface area (Å²) in [6.45, 7) is 3.58. The standard InChI is InChI=1S/C17H21FN4O/c1-11-9-12(5-6-13(11)18)14-10-15(16(19)23)21-17(20-14)22-7-3-2-4-8-22/h5-6,9-10,17,21H,2-4,7-8H2,1H3,(H2,19,23). The Morgan fingerprint density at radius 2 is 2.09 bits per heavy atom. The van der Waals surface area contributed by atoms with Gasteiger partial charge in [0.15, 0.2) is 6.29 Å². The second kappa shape index (κ2) is 6.50. The van der Waals surface area contributed by atoms with Crippen molar-refractivity contribution in [3.63, 3.8) is 0 Å². The van der Waals surface area contributed by atoms with E-state index in [9.17, 15) is 9.18 Å². The minimum atomic E-state index is -0.516. The van der Waals surface area contributed by atoms with Crippen molar-refractivity contribution in [2.75, 3.05) is 13.1 Å². The average Bonchev–Trinajstić information content (AvgIpc) is 2.57. The predicted octanol–water partition coefficient (Wildman–Crippen LogP) is 1.67. The summed E-state index contributed by atoms with van der Waals surface area (Å²) in [5.41, 5.74) is 7.77. The van der Waals surface area contributed by atoms with Crippen LogP contribution in [0.15, 0.2) is 35.0 Å². The fraction of sp³-hybridized carbons (Fsp3) is 0.412. The van der Waals surface area contributed by atoms with Gasteiger partial charge < -0.3 is 11.1 Å². The number of nitrogens with one attached hydrogen (secondary N) is 1. The number of allylic oxidation sites excluding steroid dienone is 1. The maximum atomic E-state index is 13.5. The summed E-state index contributed by atoms with van der Waals surface area (Å²) in [7, 11) is 0. The van der Waals surface area contributed by atoms with E-state index < -0.39 is 5.91 Å². The molecule has 2 aliphatic heterocycles. The molecule has 0 saturated carbocycles. The molecule has 1 atom stereocenters. The van der Waals surface area contributed by atoms with Crippen molar-refractivity contribution in [1.82, 2.24) is 10.2 Å². The lowest BCUT2D eigenvalue weighted by Gasteiger charge is -2.35. The number of hydrogen-bond acceptors (Lipinski definition) is 4. The SMILES string of the molecule is Cc1cc(C2=NC(N3CCCCC3)NC(C(N)=O)=C2)ccc1F. The number of rotatable bonds is 3. The molecule has 3 rings (SSSR count). The number of aliphatic imine (C=N–C) groups is 1. The molecule has 0 aromatic heterocycles. The maximum absolute atomic E-state index is 13.5. The van der Waals surface area contributed by atoms with Crippen LogP contribution in [0, 0.1) is 12.7 Å². The number of benzene rings is 1. The van der Waals surface area contributed by atoms with Crippen LogP contribution in [0.4, 0.5) is 4.39 Å². The number of carbonyl (C=O) groups is 1. The summed E-state index contributed by atoms with van der Waals surface area (Å²) >= 11 is 0. The van der Waals surface area contributed by atoms with Gasteiger partial charge in [-0.05, 0) is 49.6 Å². The summed E-state index contributed by atoms with van der Waals surface area (Å²) < 4.78 is 13.5. The van der Waals surface area contributed by atoms with Crippen LogP contribution in [0.2, 0.25) is 0 Å². The van der Waals surface area contributed by atoms with Crippen molar-refractivity contribution < 1.29 is 9.18 Å². The maximum Gasteiger partial charge on any atom is 0.264 e. The van der Waals surface area contributed by atoms with Gasteiger partial charge in [-0.25, -0.2) is 9.38 Å². The van der Waals surface area contributed by atoms with Crippen molar-refractivity contribution in [2.24, 2.45) is 10.7 Å². The van der Waals surface area contributed by atoms with Crippen molar-refractivity contribution in [1.29, 1.82) is 0 Å². The van der Waals surface area contributed by atoms with E-state index in [0.717, 1.165) is 31.5 Å². The Hall–Kier alpha value is -2.21. The van der Waals surface area contributed by atoms with Crippen molar-refractivity contribution in [3.05, 3.63) is 46.9 Å². The Kier molecular flexibility index (Phi) is 4.43. The molecule has 122 valence electrons. The Labute approximate surface area is 135 Å². The van der Waals surface area contributed by atoms with Gasteiger partial charge in [-0.3, -0.25) is 9.69 Å². The number of nitrogens with zero attached hydrogens (tertiary/aromatic N) is 2. The molecule has 1 fully saturated rings. The molecule has 0 bridgehead atoms. The van der Waals surface area contributed by atoms with Gasteiger partial charge in [0.05, 0.1) is 5.71 Å². The Morgan fingerprint density at radius 1 is 1.35 bits per heavy atom. The van der Waals surface area contributed by atoms with Crippen molar-refractivity contribution >= 4 is 11.6 Å². The van der Waals surface area contributed by atoms with Gasteiger partial charge >= 0.3 is 0 Å². The van der Waals surface area contributed by atoms with Crippen molar-refractivity contribution in [3.8, 4) is 0 Å². The highest BCUT2D eigenvalue weighted by Gasteiger charge is 2.25. The smallest absolute Gasteiger partial charge is 0.264 e. The van der Waals surface area contributed by atoms with E-state index in [1.807, 2.05) is 0 Å². The summed E-state index contributed by atoms with van der Waals surface area (Å²) in [6.07, 6.45) is 4.79. The third-order valence-corrected chi connectivity index (χ3v) is 4.28. The number of nitrogens with two attached hydrogens (primary N) is 1.